The van der Waals surface area contributed by atoms with Gasteiger partial charge in [-0.05, 0) is 26.0 Å². The molecule has 1 fully saturated rings. The lowest BCUT2D eigenvalue weighted by molar-refractivity contribution is -0.119. The molecule has 2 aliphatic heterocycles. The Kier molecular flexibility index (Phi) is 3.09. The molecule has 3 rings (SSSR count). The van der Waals surface area contributed by atoms with Gasteiger partial charge in [0.2, 0.25) is 5.91 Å². The third-order valence-corrected chi connectivity index (χ3v) is 3.75. The quantitative estimate of drug-likeness (QED) is 0.905. The average molecular weight is 261 g/mol. The fourth-order valence-corrected chi connectivity index (χ4v) is 2.88. The number of nitrogens with one attached hydrogen (secondary N) is 1. The largest absolute Gasteiger partial charge is 0.494 e. The average Bonchev–Trinajstić information content (AvgIpc) is 2.93. The van der Waals surface area contributed by atoms with Gasteiger partial charge in [0.15, 0.2) is 0 Å². The molecule has 0 aliphatic carbocycles. The Labute approximate surface area is 113 Å². The van der Waals surface area contributed by atoms with Crippen LogP contribution in [0.25, 0.3) is 0 Å². The van der Waals surface area contributed by atoms with Gasteiger partial charge in [-0.1, -0.05) is 0 Å². The normalized spacial score (nSPS) is 24.8. The van der Waals surface area contributed by atoms with E-state index in [1.54, 1.807) is 0 Å². The summed E-state index contributed by atoms with van der Waals surface area (Å²) in [5.74, 6) is 2.16. The van der Waals surface area contributed by atoms with Crippen molar-refractivity contribution >= 4 is 5.91 Å². The molecule has 2 atom stereocenters. The molecule has 4 nitrogen and oxygen atoms in total. The molecule has 1 N–H and O–H groups in total. The van der Waals surface area contributed by atoms with Gasteiger partial charge in [0.25, 0.3) is 0 Å². The maximum Gasteiger partial charge on any atom is 0.220 e. The summed E-state index contributed by atoms with van der Waals surface area (Å²) < 4.78 is 11.6. The smallest absolute Gasteiger partial charge is 0.220 e. The van der Waals surface area contributed by atoms with Gasteiger partial charge in [0.1, 0.15) is 17.6 Å². The van der Waals surface area contributed by atoms with Gasteiger partial charge in [0, 0.05) is 36.4 Å². The highest BCUT2D eigenvalue weighted by Gasteiger charge is 2.29. The lowest BCUT2D eigenvalue weighted by Gasteiger charge is -2.16. The van der Waals surface area contributed by atoms with Crippen LogP contribution in [0.3, 0.4) is 0 Å². The summed E-state index contributed by atoms with van der Waals surface area (Å²) in [7, 11) is 0. The van der Waals surface area contributed by atoms with Crippen LogP contribution in [-0.2, 0) is 11.2 Å². The minimum atomic E-state index is 0.113. The van der Waals surface area contributed by atoms with E-state index in [-0.39, 0.29) is 17.9 Å². The van der Waals surface area contributed by atoms with E-state index in [0.29, 0.717) is 19.6 Å². The molecule has 0 bridgehead atoms. The Morgan fingerprint density at radius 1 is 1.42 bits per heavy atom. The van der Waals surface area contributed by atoms with Crippen LogP contribution in [0, 0.1) is 0 Å². The van der Waals surface area contributed by atoms with Crippen LogP contribution in [-0.4, -0.2) is 25.2 Å². The third-order valence-electron chi connectivity index (χ3n) is 3.75. The topological polar surface area (TPSA) is 47.6 Å². The van der Waals surface area contributed by atoms with E-state index in [4.69, 9.17) is 9.47 Å². The van der Waals surface area contributed by atoms with Gasteiger partial charge in [-0.25, -0.2) is 0 Å². The van der Waals surface area contributed by atoms with Crippen LogP contribution < -0.4 is 14.8 Å². The molecule has 102 valence electrons. The molecule has 19 heavy (non-hydrogen) atoms. The van der Waals surface area contributed by atoms with Crippen molar-refractivity contribution in [1.29, 1.82) is 0 Å². The number of benzene rings is 1. The zero-order valence-corrected chi connectivity index (χ0v) is 11.4. The van der Waals surface area contributed by atoms with Crippen LogP contribution in [0.15, 0.2) is 12.1 Å². The molecule has 2 aliphatic rings. The van der Waals surface area contributed by atoms with E-state index in [9.17, 15) is 4.79 Å². The minimum absolute atomic E-state index is 0.113. The van der Waals surface area contributed by atoms with Crippen LogP contribution >= 0.6 is 0 Å². The Morgan fingerprint density at radius 3 is 2.95 bits per heavy atom. The molecule has 1 aromatic carbocycles. The van der Waals surface area contributed by atoms with Crippen LogP contribution in [0.2, 0.25) is 0 Å². The van der Waals surface area contributed by atoms with E-state index in [1.807, 2.05) is 6.92 Å². The van der Waals surface area contributed by atoms with E-state index in [2.05, 4.69) is 24.4 Å². The first-order valence-electron chi connectivity index (χ1n) is 6.90. The molecule has 0 aromatic heterocycles. The fourth-order valence-electron chi connectivity index (χ4n) is 2.88. The second-order valence-corrected chi connectivity index (χ2v) is 5.27. The first kappa shape index (κ1) is 12.3. The monoisotopic (exact) mass is 261 g/mol. The Hall–Kier alpha value is -1.71. The van der Waals surface area contributed by atoms with Crippen molar-refractivity contribution in [3.8, 4) is 11.5 Å². The first-order valence-corrected chi connectivity index (χ1v) is 6.90. The summed E-state index contributed by atoms with van der Waals surface area (Å²) in [6.07, 6.45) is 1.69. The van der Waals surface area contributed by atoms with Crippen LogP contribution in [0.4, 0.5) is 0 Å². The zero-order valence-electron chi connectivity index (χ0n) is 11.4. The van der Waals surface area contributed by atoms with Crippen LogP contribution in [0.5, 0.6) is 11.5 Å². The van der Waals surface area contributed by atoms with Gasteiger partial charge in [0.05, 0.1) is 6.61 Å². The van der Waals surface area contributed by atoms with Crippen molar-refractivity contribution in [2.24, 2.45) is 0 Å². The number of amides is 1. The molecular weight excluding hydrogens is 242 g/mol. The van der Waals surface area contributed by atoms with Gasteiger partial charge in [-0.3, -0.25) is 4.79 Å². The number of hydrogen-bond acceptors (Lipinski definition) is 3. The highest BCUT2D eigenvalue weighted by atomic mass is 16.5. The summed E-state index contributed by atoms with van der Waals surface area (Å²) in [5, 5.41) is 2.88. The van der Waals surface area contributed by atoms with Gasteiger partial charge >= 0.3 is 0 Å². The number of ether oxygens (including phenoxy) is 2. The van der Waals surface area contributed by atoms with E-state index in [0.717, 1.165) is 23.5 Å². The number of rotatable bonds is 3. The molecule has 0 radical (unpaired) electrons. The van der Waals surface area contributed by atoms with E-state index in [1.165, 1.54) is 5.56 Å². The molecule has 0 spiro atoms. The van der Waals surface area contributed by atoms with Crippen molar-refractivity contribution in [2.45, 2.75) is 38.7 Å². The lowest BCUT2D eigenvalue weighted by atomic mass is 9.95. The molecule has 0 saturated carbocycles. The SMILES string of the molecule is CCOc1cc2c(cc1C1CNC(=O)C1)OC(C)C2. The highest BCUT2D eigenvalue weighted by molar-refractivity contribution is 5.79. The molecule has 1 saturated heterocycles. The van der Waals surface area contributed by atoms with Crippen molar-refractivity contribution in [3.63, 3.8) is 0 Å². The van der Waals surface area contributed by atoms with E-state index >= 15 is 0 Å². The Morgan fingerprint density at radius 2 is 2.26 bits per heavy atom. The minimum Gasteiger partial charge on any atom is -0.494 e. The summed E-state index contributed by atoms with van der Waals surface area (Å²) in [5.41, 5.74) is 2.30. The summed E-state index contributed by atoms with van der Waals surface area (Å²) in [4.78, 5) is 11.4. The van der Waals surface area contributed by atoms with Crippen molar-refractivity contribution in [3.05, 3.63) is 23.3 Å². The fraction of sp³-hybridized carbons (Fsp3) is 0.533. The maximum atomic E-state index is 11.4. The zero-order chi connectivity index (χ0) is 13.4. The predicted octanol–water partition coefficient (Wildman–Crippen LogP) is 2.01. The van der Waals surface area contributed by atoms with Crippen molar-refractivity contribution in [1.82, 2.24) is 5.32 Å². The number of carbonyl (C=O) groups is 1. The maximum absolute atomic E-state index is 11.4. The number of carbonyl (C=O) groups excluding carboxylic acids is 1. The second kappa shape index (κ2) is 4.76. The molecule has 1 amide bonds. The van der Waals surface area contributed by atoms with Crippen molar-refractivity contribution < 1.29 is 14.3 Å². The van der Waals surface area contributed by atoms with E-state index < -0.39 is 0 Å². The Bertz CT molecular complexity index is 512. The number of fused-ring (bicyclic) bond motifs is 1. The van der Waals surface area contributed by atoms with Crippen LogP contribution in [0.1, 0.15) is 37.3 Å². The molecule has 1 aromatic rings. The Balaban J connectivity index is 1.97. The molecule has 4 heteroatoms. The van der Waals surface area contributed by atoms with Gasteiger partial charge in [-0.15, -0.1) is 0 Å². The first-order chi connectivity index (χ1) is 9.17. The molecule has 2 unspecified atom stereocenters. The van der Waals surface area contributed by atoms with Gasteiger partial charge in [-0.2, -0.15) is 0 Å². The summed E-state index contributed by atoms with van der Waals surface area (Å²) in [6.45, 7) is 5.37. The number of hydrogen-bond donors (Lipinski definition) is 1. The second-order valence-electron chi connectivity index (χ2n) is 5.27. The summed E-state index contributed by atoms with van der Waals surface area (Å²) >= 11 is 0. The highest BCUT2D eigenvalue weighted by Crippen LogP contribution is 2.39. The summed E-state index contributed by atoms with van der Waals surface area (Å²) in [6, 6.07) is 4.15. The third kappa shape index (κ3) is 2.27. The predicted molar refractivity (Wildman–Crippen MR) is 71.8 cm³/mol. The molecule has 2 heterocycles. The van der Waals surface area contributed by atoms with Crippen molar-refractivity contribution in [2.75, 3.05) is 13.2 Å². The lowest BCUT2D eigenvalue weighted by Crippen LogP contribution is -2.13. The standard InChI is InChI=1S/C15H19NO3/c1-3-18-14-5-10-4-9(2)19-13(10)7-12(14)11-6-15(17)16-8-11/h5,7,9,11H,3-4,6,8H2,1-2H3,(H,16,17). The molecular formula is C15H19NO3. The van der Waals surface area contributed by atoms with Gasteiger partial charge < -0.3 is 14.8 Å².